The van der Waals surface area contributed by atoms with Crippen molar-refractivity contribution in [3.8, 4) is 5.75 Å². The molecule has 0 unspecified atom stereocenters. The van der Waals surface area contributed by atoms with E-state index < -0.39 is 0 Å². The molecule has 112 valence electrons. The number of hydrogen-bond acceptors (Lipinski definition) is 3. The van der Waals surface area contributed by atoms with Crippen LogP contribution in [-0.2, 0) is 0 Å². The molecule has 0 heterocycles. The Morgan fingerprint density at radius 3 is 2.29 bits per heavy atom. The number of para-hydroxylation sites is 1. The van der Waals surface area contributed by atoms with Gasteiger partial charge in [0.1, 0.15) is 5.75 Å². The van der Waals surface area contributed by atoms with E-state index in [-0.39, 0.29) is 24.4 Å². The lowest BCUT2D eigenvalue weighted by molar-refractivity contribution is 0.231. The average molecular weight is 306 g/mol. The normalized spacial score (nSPS) is 13.9. The standard InChI is InChI=1S/C17H20ClNO2/c1-2-15(14-5-3-4-6-17(14)21)19-16(11-20)12-7-9-13(18)10-8-12/h3-10,15-16,19-21H,2,11H2,1H3/t15-,16-/m0/s1. The molecule has 0 aliphatic heterocycles. The topological polar surface area (TPSA) is 52.5 Å². The Hall–Kier alpha value is -1.55. The Balaban J connectivity index is 2.19. The quantitative estimate of drug-likeness (QED) is 0.760. The molecule has 0 spiro atoms. The molecular weight excluding hydrogens is 286 g/mol. The summed E-state index contributed by atoms with van der Waals surface area (Å²) in [6.07, 6.45) is 0.807. The highest BCUT2D eigenvalue weighted by Gasteiger charge is 2.18. The first-order valence-corrected chi connectivity index (χ1v) is 7.43. The van der Waals surface area contributed by atoms with Gasteiger partial charge in [-0.25, -0.2) is 0 Å². The monoisotopic (exact) mass is 305 g/mol. The maximum absolute atomic E-state index is 9.98. The van der Waals surface area contributed by atoms with Gasteiger partial charge in [-0.1, -0.05) is 48.9 Å². The minimum Gasteiger partial charge on any atom is -0.508 e. The molecule has 4 heteroatoms. The van der Waals surface area contributed by atoms with E-state index >= 15 is 0 Å². The molecule has 2 aromatic carbocycles. The predicted octanol–water partition coefficient (Wildman–Crippen LogP) is 3.82. The SMILES string of the molecule is CC[C@H](N[C@@H](CO)c1ccc(Cl)cc1)c1ccccc1O. The van der Waals surface area contributed by atoms with Crippen molar-refractivity contribution < 1.29 is 10.2 Å². The van der Waals surface area contributed by atoms with Gasteiger partial charge in [-0.2, -0.15) is 0 Å². The van der Waals surface area contributed by atoms with Crippen molar-refractivity contribution in [3.05, 3.63) is 64.7 Å². The largest absolute Gasteiger partial charge is 0.508 e. The highest BCUT2D eigenvalue weighted by molar-refractivity contribution is 6.30. The summed E-state index contributed by atoms with van der Waals surface area (Å²) in [7, 11) is 0. The molecular formula is C17H20ClNO2. The van der Waals surface area contributed by atoms with E-state index in [1.807, 2.05) is 43.3 Å². The summed E-state index contributed by atoms with van der Waals surface area (Å²) in [4.78, 5) is 0. The van der Waals surface area contributed by atoms with Crippen LogP contribution in [0.2, 0.25) is 5.02 Å². The molecule has 0 bridgehead atoms. The van der Waals surface area contributed by atoms with Gasteiger partial charge in [-0.15, -0.1) is 0 Å². The van der Waals surface area contributed by atoms with Crippen molar-refractivity contribution >= 4 is 11.6 Å². The van der Waals surface area contributed by atoms with Crippen LogP contribution in [0, 0.1) is 0 Å². The van der Waals surface area contributed by atoms with Crippen LogP contribution in [-0.4, -0.2) is 16.8 Å². The van der Waals surface area contributed by atoms with Crippen LogP contribution >= 0.6 is 11.6 Å². The van der Waals surface area contributed by atoms with Gasteiger partial charge in [-0.3, -0.25) is 0 Å². The van der Waals surface area contributed by atoms with E-state index in [1.165, 1.54) is 0 Å². The number of phenols is 1. The van der Waals surface area contributed by atoms with E-state index in [2.05, 4.69) is 5.32 Å². The molecule has 0 saturated heterocycles. The lowest BCUT2D eigenvalue weighted by Gasteiger charge is -2.25. The molecule has 21 heavy (non-hydrogen) atoms. The van der Waals surface area contributed by atoms with Crippen molar-refractivity contribution in [2.75, 3.05) is 6.61 Å². The van der Waals surface area contributed by atoms with Gasteiger partial charge in [0, 0.05) is 16.6 Å². The third kappa shape index (κ3) is 3.97. The first-order chi connectivity index (χ1) is 10.2. The van der Waals surface area contributed by atoms with Gasteiger partial charge < -0.3 is 15.5 Å². The molecule has 2 atom stereocenters. The third-order valence-corrected chi connectivity index (χ3v) is 3.83. The number of aromatic hydroxyl groups is 1. The van der Waals surface area contributed by atoms with Gasteiger partial charge in [0.05, 0.1) is 12.6 Å². The van der Waals surface area contributed by atoms with Crippen molar-refractivity contribution in [3.63, 3.8) is 0 Å². The van der Waals surface area contributed by atoms with Crippen LogP contribution < -0.4 is 5.32 Å². The molecule has 0 radical (unpaired) electrons. The zero-order chi connectivity index (χ0) is 15.2. The molecule has 0 fully saturated rings. The number of halogens is 1. The van der Waals surface area contributed by atoms with Crippen molar-refractivity contribution in [1.82, 2.24) is 5.32 Å². The van der Waals surface area contributed by atoms with Gasteiger partial charge >= 0.3 is 0 Å². The van der Waals surface area contributed by atoms with E-state index in [1.54, 1.807) is 12.1 Å². The molecule has 0 aliphatic carbocycles. The molecule has 0 aromatic heterocycles. The second kappa shape index (κ2) is 7.46. The Morgan fingerprint density at radius 1 is 1.05 bits per heavy atom. The van der Waals surface area contributed by atoms with Gasteiger partial charge in [-0.05, 0) is 30.2 Å². The van der Waals surface area contributed by atoms with Crippen molar-refractivity contribution in [2.45, 2.75) is 25.4 Å². The summed E-state index contributed by atoms with van der Waals surface area (Å²) in [5.41, 5.74) is 1.81. The minimum absolute atomic E-state index is 0.0221. The van der Waals surface area contributed by atoms with Gasteiger partial charge in [0.15, 0.2) is 0 Å². The maximum atomic E-state index is 9.98. The second-order valence-electron chi connectivity index (χ2n) is 4.97. The zero-order valence-corrected chi connectivity index (χ0v) is 12.7. The molecule has 2 aromatic rings. The molecule has 0 aliphatic rings. The molecule has 0 saturated carbocycles. The van der Waals surface area contributed by atoms with E-state index in [4.69, 9.17) is 11.6 Å². The smallest absolute Gasteiger partial charge is 0.120 e. The lowest BCUT2D eigenvalue weighted by Crippen LogP contribution is -2.28. The summed E-state index contributed by atoms with van der Waals surface area (Å²) in [5, 5.41) is 23.7. The van der Waals surface area contributed by atoms with Gasteiger partial charge in [0.2, 0.25) is 0 Å². The third-order valence-electron chi connectivity index (χ3n) is 3.58. The zero-order valence-electron chi connectivity index (χ0n) is 12.0. The summed E-state index contributed by atoms with van der Waals surface area (Å²) in [6.45, 7) is 2.02. The van der Waals surface area contributed by atoms with Crippen molar-refractivity contribution in [1.29, 1.82) is 0 Å². The number of aliphatic hydroxyl groups is 1. The first-order valence-electron chi connectivity index (χ1n) is 7.06. The number of benzene rings is 2. The number of rotatable bonds is 6. The molecule has 3 N–H and O–H groups in total. The highest BCUT2D eigenvalue weighted by Crippen LogP contribution is 2.28. The van der Waals surface area contributed by atoms with E-state index in [0.29, 0.717) is 5.02 Å². The first kappa shape index (κ1) is 15.8. The van der Waals surface area contributed by atoms with Crippen LogP contribution in [0.15, 0.2) is 48.5 Å². The lowest BCUT2D eigenvalue weighted by atomic mass is 10.00. The average Bonchev–Trinajstić information content (AvgIpc) is 2.51. The number of hydrogen-bond donors (Lipinski definition) is 3. The van der Waals surface area contributed by atoms with Crippen LogP contribution in [0.1, 0.15) is 36.6 Å². The second-order valence-corrected chi connectivity index (χ2v) is 5.41. The Labute approximate surface area is 130 Å². The fourth-order valence-electron chi connectivity index (χ4n) is 2.40. The molecule has 0 amide bonds. The van der Waals surface area contributed by atoms with E-state index in [0.717, 1.165) is 17.5 Å². The Bertz CT molecular complexity index is 571. The highest BCUT2D eigenvalue weighted by atomic mass is 35.5. The van der Waals surface area contributed by atoms with Gasteiger partial charge in [0.25, 0.3) is 0 Å². The predicted molar refractivity (Wildman–Crippen MR) is 85.6 cm³/mol. The van der Waals surface area contributed by atoms with Crippen LogP contribution in [0.3, 0.4) is 0 Å². The molecule has 3 nitrogen and oxygen atoms in total. The summed E-state index contributed by atoms with van der Waals surface area (Å²) < 4.78 is 0. The summed E-state index contributed by atoms with van der Waals surface area (Å²) >= 11 is 5.89. The summed E-state index contributed by atoms with van der Waals surface area (Å²) in [5.74, 6) is 0.268. The van der Waals surface area contributed by atoms with E-state index in [9.17, 15) is 10.2 Å². The van der Waals surface area contributed by atoms with Crippen molar-refractivity contribution in [2.24, 2.45) is 0 Å². The van der Waals surface area contributed by atoms with Crippen LogP contribution in [0.25, 0.3) is 0 Å². The number of phenolic OH excluding ortho intramolecular Hbond substituents is 1. The molecule has 2 rings (SSSR count). The fourth-order valence-corrected chi connectivity index (χ4v) is 2.53. The van der Waals surface area contributed by atoms with Crippen LogP contribution in [0.4, 0.5) is 0 Å². The number of nitrogens with one attached hydrogen (secondary N) is 1. The Morgan fingerprint density at radius 2 is 1.71 bits per heavy atom. The Kier molecular flexibility index (Phi) is 5.62. The van der Waals surface area contributed by atoms with Crippen LogP contribution in [0.5, 0.6) is 5.75 Å². The minimum atomic E-state index is -0.202. The fraction of sp³-hybridized carbons (Fsp3) is 0.294. The maximum Gasteiger partial charge on any atom is 0.120 e. The number of aliphatic hydroxyl groups excluding tert-OH is 1. The summed E-state index contributed by atoms with van der Waals surface area (Å²) in [6, 6.07) is 14.4.